The van der Waals surface area contributed by atoms with Crippen LogP contribution in [0.2, 0.25) is 0 Å². The molecule has 1 amide bonds. The number of hydrogen-bond acceptors (Lipinski definition) is 3. The van der Waals surface area contributed by atoms with Gasteiger partial charge in [-0.15, -0.1) is 0 Å². The fraction of sp³-hybridized carbons (Fsp3) is 0.263. The summed E-state index contributed by atoms with van der Waals surface area (Å²) < 4.78 is 32.4. The van der Waals surface area contributed by atoms with Gasteiger partial charge in [-0.2, -0.15) is 0 Å². The Morgan fingerprint density at radius 3 is 2.48 bits per heavy atom. The molecule has 0 N–H and O–H groups in total. The number of amides is 1. The first kappa shape index (κ1) is 17.1. The Hall–Kier alpha value is -2.76. The van der Waals surface area contributed by atoms with E-state index in [1.54, 1.807) is 0 Å². The number of nitrogens with zero attached hydrogens (tertiary/aromatic N) is 1. The monoisotopic (exact) mass is 345 g/mol. The van der Waals surface area contributed by atoms with Gasteiger partial charge in [-0.25, -0.2) is 8.78 Å². The van der Waals surface area contributed by atoms with E-state index >= 15 is 0 Å². The molecule has 4 nitrogen and oxygen atoms in total. The lowest BCUT2D eigenvalue weighted by atomic mass is 10.1. The van der Waals surface area contributed by atoms with Crippen molar-refractivity contribution in [3.8, 4) is 5.75 Å². The molecule has 0 unspecified atom stereocenters. The first-order chi connectivity index (χ1) is 11.9. The van der Waals surface area contributed by atoms with E-state index < -0.39 is 29.4 Å². The van der Waals surface area contributed by atoms with Crippen molar-refractivity contribution in [3.05, 3.63) is 59.2 Å². The zero-order chi connectivity index (χ0) is 18.1. The van der Waals surface area contributed by atoms with Crippen molar-refractivity contribution < 1.29 is 23.1 Å². The molecule has 130 valence electrons. The third-order valence-corrected chi connectivity index (χ3v) is 4.27. The standard InChI is InChI=1S/C19H17F2NO3/c1-11-4-3-5-12(2)18(11)25-19(24)13-8-17(23)22(10-13)16-7-6-14(20)9-15(16)21/h3-7,9,13H,8,10H2,1-2H3/t13-/m0/s1. The lowest BCUT2D eigenvalue weighted by Crippen LogP contribution is -2.28. The van der Waals surface area contributed by atoms with Gasteiger partial charge < -0.3 is 9.64 Å². The highest BCUT2D eigenvalue weighted by Crippen LogP contribution is 2.30. The number of ether oxygens (including phenoxy) is 1. The van der Waals surface area contributed by atoms with Crippen LogP contribution in [0.1, 0.15) is 17.5 Å². The van der Waals surface area contributed by atoms with Crippen molar-refractivity contribution in [1.82, 2.24) is 0 Å². The van der Waals surface area contributed by atoms with Crippen LogP contribution in [0.3, 0.4) is 0 Å². The minimum atomic E-state index is -0.836. The minimum Gasteiger partial charge on any atom is -0.426 e. The molecule has 6 heteroatoms. The number of halogens is 2. The predicted octanol–water partition coefficient (Wildman–Crippen LogP) is 3.54. The maximum atomic E-state index is 13.9. The van der Waals surface area contributed by atoms with Crippen LogP contribution in [-0.2, 0) is 9.59 Å². The second kappa shape index (κ2) is 6.63. The van der Waals surface area contributed by atoms with Gasteiger partial charge in [0.25, 0.3) is 0 Å². The van der Waals surface area contributed by atoms with Gasteiger partial charge in [-0.3, -0.25) is 9.59 Å². The molecule has 1 atom stereocenters. The Morgan fingerprint density at radius 1 is 1.16 bits per heavy atom. The smallest absolute Gasteiger partial charge is 0.316 e. The van der Waals surface area contributed by atoms with Crippen LogP contribution in [0.4, 0.5) is 14.5 Å². The van der Waals surface area contributed by atoms with Crippen LogP contribution < -0.4 is 9.64 Å². The van der Waals surface area contributed by atoms with Crippen LogP contribution in [0.25, 0.3) is 0 Å². The van der Waals surface area contributed by atoms with Gasteiger partial charge in [-0.05, 0) is 37.1 Å². The molecule has 0 saturated carbocycles. The summed E-state index contributed by atoms with van der Waals surface area (Å²) >= 11 is 0. The second-order valence-electron chi connectivity index (χ2n) is 6.14. The van der Waals surface area contributed by atoms with Crippen molar-refractivity contribution in [3.63, 3.8) is 0 Å². The van der Waals surface area contributed by atoms with E-state index in [0.29, 0.717) is 11.8 Å². The van der Waals surface area contributed by atoms with E-state index in [1.165, 1.54) is 6.07 Å². The number of carbonyl (C=O) groups excluding carboxylic acids is 2. The molecule has 2 aromatic carbocycles. The molecule has 1 heterocycles. The summed E-state index contributed by atoms with van der Waals surface area (Å²) in [5.41, 5.74) is 1.60. The number of benzene rings is 2. The lowest BCUT2D eigenvalue weighted by Gasteiger charge is -2.17. The number of carbonyl (C=O) groups is 2. The molecule has 0 aliphatic carbocycles. The third kappa shape index (κ3) is 3.38. The van der Waals surface area contributed by atoms with Crippen molar-refractivity contribution in [2.24, 2.45) is 5.92 Å². The zero-order valence-electron chi connectivity index (χ0n) is 13.9. The molecule has 3 rings (SSSR count). The summed E-state index contributed by atoms with van der Waals surface area (Å²) in [6.45, 7) is 3.66. The molecule has 1 aliphatic heterocycles. The quantitative estimate of drug-likeness (QED) is 0.631. The minimum absolute atomic E-state index is 0.00511. The fourth-order valence-electron chi connectivity index (χ4n) is 2.94. The molecule has 0 spiro atoms. The van der Waals surface area contributed by atoms with E-state index in [9.17, 15) is 18.4 Å². The third-order valence-electron chi connectivity index (χ3n) is 4.27. The van der Waals surface area contributed by atoms with Gasteiger partial charge >= 0.3 is 5.97 Å². The molecule has 0 bridgehead atoms. The van der Waals surface area contributed by atoms with E-state index in [4.69, 9.17) is 4.74 Å². The first-order valence-electron chi connectivity index (χ1n) is 7.90. The predicted molar refractivity (Wildman–Crippen MR) is 88.4 cm³/mol. The highest BCUT2D eigenvalue weighted by Gasteiger charge is 2.37. The van der Waals surface area contributed by atoms with E-state index in [-0.39, 0.29) is 18.7 Å². The summed E-state index contributed by atoms with van der Waals surface area (Å²) in [6.07, 6.45) is -0.0689. The van der Waals surface area contributed by atoms with Crippen LogP contribution in [-0.4, -0.2) is 18.4 Å². The van der Waals surface area contributed by atoms with Crippen molar-refractivity contribution >= 4 is 17.6 Å². The van der Waals surface area contributed by atoms with Gasteiger partial charge in [-0.1, -0.05) is 18.2 Å². The van der Waals surface area contributed by atoms with Gasteiger partial charge in [0.15, 0.2) is 0 Å². The Balaban J connectivity index is 1.77. The van der Waals surface area contributed by atoms with E-state index in [1.807, 2.05) is 32.0 Å². The van der Waals surface area contributed by atoms with Gasteiger partial charge in [0.05, 0.1) is 11.6 Å². The summed E-state index contributed by atoms with van der Waals surface area (Å²) in [4.78, 5) is 25.8. The number of rotatable bonds is 3. The van der Waals surface area contributed by atoms with Crippen LogP contribution in [0.15, 0.2) is 36.4 Å². The fourth-order valence-corrected chi connectivity index (χ4v) is 2.94. The molecule has 2 aromatic rings. The number of anilines is 1. The summed E-state index contributed by atoms with van der Waals surface area (Å²) in [5.74, 6) is -2.71. The summed E-state index contributed by atoms with van der Waals surface area (Å²) in [7, 11) is 0. The number of para-hydroxylation sites is 1. The molecular formula is C19H17F2NO3. The van der Waals surface area contributed by atoms with Crippen LogP contribution in [0, 0.1) is 31.4 Å². The Bertz CT molecular complexity index is 830. The Kier molecular flexibility index (Phi) is 4.53. The van der Waals surface area contributed by atoms with Crippen molar-refractivity contribution in [2.45, 2.75) is 20.3 Å². The van der Waals surface area contributed by atoms with Crippen LogP contribution in [0.5, 0.6) is 5.75 Å². The number of hydrogen-bond donors (Lipinski definition) is 0. The normalized spacial score (nSPS) is 17.0. The summed E-state index contributed by atoms with van der Waals surface area (Å²) in [6, 6.07) is 8.51. The number of aryl methyl sites for hydroxylation is 2. The molecule has 0 aromatic heterocycles. The molecule has 1 aliphatic rings. The van der Waals surface area contributed by atoms with Gasteiger partial charge in [0.2, 0.25) is 5.91 Å². The maximum absolute atomic E-state index is 13.9. The summed E-state index contributed by atoms with van der Waals surface area (Å²) in [5, 5.41) is 0. The molecule has 1 saturated heterocycles. The van der Waals surface area contributed by atoms with Crippen LogP contribution >= 0.6 is 0 Å². The lowest BCUT2D eigenvalue weighted by molar-refractivity contribution is -0.139. The van der Waals surface area contributed by atoms with Gasteiger partial charge in [0, 0.05) is 19.0 Å². The van der Waals surface area contributed by atoms with Crippen molar-refractivity contribution in [1.29, 1.82) is 0 Å². The van der Waals surface area contributed by atoms with Gasteiger partial charge in [0.1, 0.15) is 17.4 Å². The maximum Gasteiger partial charge on any atom is 0.316 e. The molecular weight excluding hydrogens is 328 g/mol. The molecule has 0 radical (unpaired) electrons. The molecule has 25 heavy (non-hydrogen) atoms. The largest absolute Gasteiger partial charge is 0.426 e. The topological polar surface area (TPSA) is 46.6 Å². The number of esters is 1. The Morgan fingerprint density at radius 2 is 1.84 bits per heavy atom. The zero-order valence-corrected chi connectivity index (χ0v) is 13.9. The Labute approximate surface area is 144 Å². The second-order valence-corrected chi connectivity index (χ2v) is 6.14. The molecule has 1 fully saturated rings. The average molecular weight is 345 g/mol. The SMILES string of the molecule is Cc1cccc(C)c1OC(=O)[C@H]1CC(=O)N(c2ccc(F)cc2F)C1. The van der Waals surface area contributed by atoms with E-state index in [0.717, 1.165) is 22.1 Å². The highest BCUT2D eigenvalue weighted by molar-refractivity contribution is 5.99. The van der Waals surface area contributed by atoms with E-state index in [2.05, 4.69) is 0 Å². The average Bonchev–Trinajstić information content (AvgIpc) is 2.93. The van der Waals surface area contributed by atoms with Crippen molar-refractivity contribution in [2.75, 3.05) is 11.4 Å². The highest BCUT2D eigenvalue weighted by atomic mass is 19.1. The first-order valence-corrected chi connectivity index (χ1v) is 7.90.